The molecule has 7 aromatic rings. The molecule has 0 aliphatic heterocycles. The summed E-state index contributed by atoms with van der Waals surface area (Å²) in [6.45, 7) is 4.51. The zero-order chi connectivity index (χ0) is 36.6. The summed E-state index contributed by atoms with van der Waals surface area (Å²) in [5.41, 5.74) is 5.67. The fourth-order valence-electron chi connectivity index (χ4n) is 9.97. The van der Waals surface area contributed by atoms with Gasteiger partial charge in [0.05, 0.1) is 0 Å². The smallest absolute Gasteiger partial charge is 0.142 e. The Balaban J connectivity index is 1.27. The molecular weight excluding hydrogens is 724 g/mol. The van der Waals surface area contributed by atoms with E-state index in [1.54, 1.807) is 0 Å². The number of halogens is 1. The molecule has 0 spiro atoms. The molecule has 2 unspecified atom stereocenters. The Labute approximate surface area is 322 Å². The molecule has 2 atom stereocenters. The van der Waals surface area contributed by atoms with Crippen LogP contribution in [0.15, 0.2) is 196 Å². The van der Waals surface area contributed by atoms with E-state index in [1.807, 2.05) is 18.2 Å². The van der Waals surface area contributed by atoms with Gasteiger partial charge in [0.1, 0.15) is 11.2 Å². The Morgan fingerprint density at radius 2 is 1.09 bits per heavy atom. The van der Waals surface area contributed by atoms with Crippen LogP contribution in [-0.4, -0.2) is 10.2 Å². The van der Waals surface area contributed by atoms with Crippen LogP contribution in [0, 0.1) is 0 Å². The van der Waals surface area contributed by atoms with Gasteiger partial charge in [-0.3, -0.25) is 0 Å². The highest BCUT2D eigenvalue weighted by Gasteiger charge is 2.54. The first-order chi connectivity index (χ1) is 26.2. The summed E-state index contributed by atoms with van der Waals surface area (Å²) < 4.78 is 1.02. The van der Waals surface area contributed by atoms with E-state index in [9.17, 15) is 10.2 Å². The molecule has 2 N–H and O–H groups in total. The lowest BCUT2D eigenvalue weighted by Crippen LogP contribution is -2.41. The summed E-state index contributed by atoms with van der Waals surface area (Å²) in [5, 5.41) is 36.2. The lowest BCUT2D eigenvalue weighted by Gasteiger charge is -2.47. The first-order valence-electron chi connectivity index (χ1n) is 18.6. The van der Waals surface area contributed by atoms with Crippen molar-refractivity contribution in [2.75, 3.05) is 0 Å². The van der Waals surface area contributed by atoms with E-state index in [1.165, 1.54) is 5.56 Å². The Morgan fingerprint density at radius 1 is 0.519 bits per heavy atom. The number of rotatable bonds is 2. The highest BCUT2D eigenvalue weighted by molar-refractivity contribution is 9.10. The topological polar surface area (TPSA) is 40.5 Å². The van der Waals surface area contributed by atoms with Gasteiger partial charge in [-0.05, 0) is 125 Å². The Morgan fingerprint density at radius 3 is 1.76 bits per heavy atom. The van der Waals surface area contributed by atoms with E-state index in [0.29, 0.717) is 0 Å². The average molecular weight is 760 g/mol. The van der Waals surface area contributed by atoms with Crippen LogP contribution >= 0.6 is 15.9 Å². The van der Waals surface area contributed by atoms with Gasteiger partial charge >= 0.3 is 0 Å². The minimum atomic E-state index is -1.55. The van der Waals surface area contributed by atoms with Gasteiger partial charge in [-0.1, -0.05) is 145 Å². The molecule has 0 saturated heterocycles. The van der Waals surface area contributed by atoms with Crippen molar-refractivity contribution in [3.05, 3.63) is 218 Å². The second-order valence-corrected chi connectivity index (χ2v) is 16.6. The Kier molecular flexibility index (Phi) is 6.49. The van der Waals surface area contributed by atoms with Crippen molar-refractivity contribution in [1.82, 2.24) is 0 Å². The van der Waals surface area contributed by atoms with Crippen molar-refractivity contribution >= 4 is 65.1 Å². The van der Waals surface area contributed by atoms with Gasteiger partial charge in [0, 0.05) is 32.2 Å². The maximum Gasteiger partial charge on any atom is 0.142 e. The van der Waals surface area contributed by atoms with Gasteiger partial charge in [-0.15, -0.1) is 0 Å². The molecule has 7 aromatic carbocycles. The predicted molar refractivity (Wildman–Crippen MR) is 226 cm³/mol. The van der Waals surface area contributed by atoms with E-state index >= 15 is 0 Å². The fraction of sp³-hybridized carbons (Fsp3) is 0.0980. The van der Waals surface area contributed by atoms with Crippen molar-refractivity contribution < 1.29 is 10.2 Å². The van der Waals surface area contributed by atoms with E-state index in [2.05, 4.69) is 175 Å². The molecule has 0 aromatic heterocycles. The van der Waals surface area contributed by atoms with Crippen molar-refractivity contribution in [1.29, 1.82) is 0 Å². The van der Waals surface area contributed by atoms with Gasteiger partial charge in [-0.2, -0.15) is 0 Å². The first-order valence-corrected chi connectivity index (χ1v) is 19.4. The Bertz CT molecular complexity index is 3060. The maximum absolute atomic E-state index is 14.1. The summed E-state index contributed by atoms with van der Waals surface area (Å²) in [6.07, 6.45) is 12.6. The number of hydrogen-bond donors (Lipinski definition) is 2. The largest absolute Gasteiger partial charge is 0.377 e. The van der Waals surface area contributed by atoms with Crippen LogP contribution in [-0.2, 0) is 16.6 Å². The van der Waals surface area contributed by atoms with Crippen molar-refractivity contribution in [2.24, 2.45) is 0 Å². The highest BCUT2D eigenvalue weighted by Crippen LogP contribution is 2.62. The van der Waals surface area contributed by atoms with E-state index in [0.717, 1.165) is 97.7 Å². The third kappa shape index (κ3) is 4.12. The SMILES string of the molecule is CC1(C)C2=CC3=C4C(=CC=CC4(O)c4cc5ccccc5c5ccccc45)C=C3C(O)(c3cc4ccccc4c4ccccc34)C2=Cc2ccc(Br)cc21. The zero-order valence-corrected chi connectivity index (χ0v) is 31.4. The molecule has 4 aliphatic rings. The van der Waals surface area contributed by atoms with E-state index in [4.69, 9.17) is 0 Å². The third-order valence-electron chi connectivity index (χ3n) is 12.5. The molecule has 4 aliphatic carbocycles. The van der Waals surface area contributed by atoms with Crippen LogP contribution in [0.5, 0.6) is 0 Å². The second kappa shape index (κ2) is 11.0. The summed E-state index contributed by atoms with van der Waals surface area (Å²) in [6, 6.07) is 44.4. The third-order valence-corrected chi connectivity index (χ3v) is 13.0. The molecule has 2 nitrogen and oxygen atoms in total. The number of allylic oxidation sites excluding steroid dienone is 4. The first kappa shape index (κ1) is 31.9. The average Bonchev–Trinajstić information content (AvgIpc) is 3.59. The molecule has 0 saturated carbocycles. The quantitative estimate of drug-likeness (QED) is 0.172. The number of aliphatic hydroxyl groups is 2. The standard InChI is InChI=1S/C51H35BrO2/c1-49(2)42-28-34(52)22-21-32(42)26-47-46(49)29-41-45(51(47,54)44-25-31-13-4-6-16-36(31)38-18-8-10-20-40(38)44)27-33-14-11-23-50(53,48(33)41)43-24-30-12-3-5-15-35(30)37-17-7-9-19-39(37)43/h3-29,53-54H,1-2H3. The normalized spacial score (nSPS) is 22.4. The van der Waals surface area contributed by atoms with Gasteiger partial charge in [0.25, 0.3) is 0 Å². The molecular formula is C51H35BrO2. The lowest BCUT2D eigenvalue weighted by atomic mass is 9.59. The maximum atomic E-state index is 14.1. The van der Waals surface area contributed by atoms with Crippen LogP contribution in [0.2, 0.25) is 0 Å². The van der Waals surface area contributed by atoms with Crippen molar-refractivity contribution in [3.8, 4) is 0 Å². The lowest BCUT2D eigenvalue weighted by molar-refractivity contribution is 0.118. The molecule has 0 fully saturated rings. The predicted octanol–water partition coefficient (Wildman–Crippen LogP) is 12.2. The Hall–Kier alpha value is -5.58. The van der Waals surface area contributed by atoms with E-state index in [-0.39, 0.29) is 0 Å². The molecule has 54 heavy (non-hydrogen) atoms. The molecule has 258 valence electrons. The summed E-state index contributed by atoms with van der Waals surface area (Å²) in [5.74, 6) is 0. The number of hydrogen-bond acceptors (Lipinski definition) is 2. The van der Waals surface area contributed by atoms with Crippen LogP contribution in [0.3, 0.4) is 0 Å². The van der Waals surface area contributed by atoms with Crippen molar-refractivity contribution in [3.63, 3.8) is 0 Å². The highest BCUT2D eigenvalue weighted by atomic mass is 79.9. The molecule has 0 amide bonds. The van der Waals surface area contributed by atoms with Crippen molar-refractivity contribution in [2.45, 2.75) is 30.5 Å². The van der Waals surface area contributed by atoms with Crippen LogP contribution in [0.25, 0.3) is 49.2 Å². The van der Waals surface area contributed by atoms with Gasteiger partial charge < -0.3 is 10.2 Å². The summed E-state index contributed by atoms with van der Waals surface area (Å²) in [7, 11) is 0. The fourth-order valence-corrected chi connectivity index (χ4v) is 10.3. The molecule has 0 heterocycles. The van der Waals surface area contributed by atoms with Crippen LogP contribution < -0.4 is 0 Å². The molecule has 11 rings (SSSR count). The van der Waals surface area contributed by atoms with Crippen LogP contribution in [0.1, 0.15) is 36.1 Å². The van der Waals surface area contributed by atoms with Gasteiger partial charge in [0.2, 0.25) is 0 Å². The van der Waals surface area contributed by atoms with Crippen LogP contribution in [0.4, 0.5) is 0 Å². The minimum absolute atomic E-state index is 0.479. The summed E-state index contributed by atoms with van der Waals surface area (Å²) >= 11 is 3.75. The monoisotopic (exact) mass is 758 g/mol. The molecule has 3 heteroatoms. The van der Waals surface area contributed by atoms with Gasteiger partial charge in [-0.25, -0.2) is 0 Å². The zero-order valence-electron chi connectivity index (χ0n) is 29.9. The van der Waals surface area contributed by atoms with E-state index < -0.39 is 16.6 Å². The minimum Gasteiger partial charge on any atom is -0.377 e. The molecule has 0 radical (unpaired) electrons. The number of fused-ring (bicyclic) bond motifs is 10. The molecule has 0 bridgehead atoms. The summed E-state index contributed by atoms with van der Waals surface area (Å²) in [4.78, 5) is 0. The second-order valence-electron chi connectivity index (χ2n) is 15.7. The number of benzene rings is 7. The van der Waals surface area contributed by atoms with Gasteiger partial charge in [0.15, 0.2) is 0 Å².